The van der Waals surface area contributed by atoms with Crippen LogP contribution in [0.4, 0.5) is 0 Å². The minimum atomic E-state index is -0.0789. The van der Waals surface area contributed by atoms with Gasteiger partial charge in [0.2, 0.25) is 0 Å². The first kappa shape index (κ1) is 16.3. The number of hydrogen-bond acceptors (Lipinski definition) is 0. The highest BCUT2D eigenvalue weighted by atomic mass is 35.5. The molecule has 1 rings (SSSR count). The lowest BCUT2D eigenvalue weighted by molar-refractivity contribution is 0.180. The summed E-state index contributed by atoms with van der Waals surface area (Å²) in [6, 6.07) is 0. The molecule has 98 valence electrons. The summed E-state index contributed by atoms with van der Waals surface area (Å²) < 4.78 is 0. The summed E-state index contributed by atoms with van der Waals surface area (Å²) in [6.07, 6.45) is 8.46. The predicted molar refractivity (Wildman–Crippen MR) is 76.3 cm³/mol. The third-order valence-electron chi connectivity index (χ3n) is 4.13. The lowest BCUT2D eigenvalue weighted by atomic mass is 9.70. The number of alkyl halides is 1. The van der Waals surface area contributed by atoms with Crippen molar-refractivity contribution in [1.29, 1.82) is 0 Å². The van der Waals surface area contributed by atoms with Crippen LogP contribution in [0.25, 0.3) is 0 Å². The van der Waals surface area contributed by atoms with E-state index in [0.717, 1.165) is 5.92 Å². The molecule has 1 aliphatic carbocycles. The molecule has 0 saturated heterocycles. The van der Waals surface area contributed by atoms with E-state index >= 15 is 0 Å². The minimum absolute atomic E-state index is 0.0789. The Balaban J connectivity index is 0.00000106. The van der Waals surface area contributed by atoms with Gasteiger partial charge in [-0.25, -0.2) is 0 Å². The van der Waals surface area contributed by atoms with Crippen LogP contribution in [0, 0.1) is 11.3 Å². The molecule has 0 bridgehead atoms. The standard InChI is InChI=1S/C13H25Cl.C2H6/c1-12(2,13(3,4)14)10-11-8-6-5-7-9-11;1-2/h11H,5-10H2,1-4H3;1-2H3. The minimum Gasteiger partial charge on any atom is -0.119 e. The average molecular weight is 247 g/mol. The van der Waals surface area contributed by atoms with E-state index in [1.807, 2.05) is 13.8 Å². The van der Waals surface area contributed by atoms with Crippen molar-refractivity contribution >= 4 is 11.6 Å². The van der Waals surface area contributed by atoms with Gasteiger partial charge in [0.1, 0.15) is 0 Å². The molecule has 0 aromatic heterocycles. The maximum absolute atomic E-state index is 6.44. The zero-order chi connectivity index (χ0) is 12.8. The van der Waals surface area contributed by atoms with Gasteiger partial charge < -0.3 is 0 Å². The molecule has 0 N–H and O–H groups in total. The third-order valence-corrected chi connectivity index (χ3v) is 4.64. The highest BCUT2D eigenvalue weighted by Gasteiger charge is 2.37. The fourth-order valence-corrected chi connectivity index (χ4v) is 2.43. The van der Waals surface area contributed by atoms with Crippen LogP contribution < -0.4 is 0 Å². The summed E-state index contributed by atoms with van der Waals surface area (Å²) in [5.74, 6) is 0.928. The van der Waals surface area contributed by atoms with Gasteiger partial charge in [-0.1, -0.05) is 59.8 Å². The molecule has 0 aromatic carbocycles. The third kappa shape index (κ3) is 5.08. The Bertz CT molecular complexity index is 170. The molecule has 0 nitrogen and oxygen atoms in total. The summed E-state index contributed by atoms with van der Waals surface area (Å²) in [6.45, 7) is 12.9. The molecular weight excluding hydrogens is 216 g/mol. The number of hydrogen-bond donors (Lipinski definition) is 0. The number of rotatable bonds is 3. The first-order valence-corrected chi connectivity index (χ1v) is 7.40. The normalized spacial score (nSPS) is 18.9. The topological polar surface area (TPSA) is 0 Å². The highest BCUT2D eigenvalue weighted by molar-refractivity contribution is 6.23. The summed E-state index contributed by atoms with van der Waals surface area (Å²) >= 11 is 6.44. The van der Waals surface area contributed by atoms with Gasteiger partial charge in [0, 0.05) is 4.87 Å². The van der Waals surface area contributed by atoms with E-state index in [2.05, 4.69) is 27.7 Å². The second-order valence-corrected chi connectivity index (χ2v) is 7.01. The van der Waals surface area contributed by atoms with Crippen LogP contribution in [0.2, 0.25) is 0 Å². The van der Waals surface area contributed by atoms with Crippen molar-refractivity contribution in [3.8, 4) is 0 Å². The molecule has 1 saturated carbocycles. The van der Waals surface area contributed by atoms with E-state index in [0.29, 0.717) is 0 Å². The Morgan fingerprint density at radius 1 is 0.938 bits per heavy atom. The highest BCUT2D eigenvalue weighted by Crippen LogP contribution is 2.44. The van der Waals surface area contributed by atoms with Crippen LogP contribution >= 0.6 is 11.6 Å². The van der Waals surface area contributed by atoms with Crippen molar-refractivity contribution in [2.75, 3.05) is 0 Å². The molecule has 1 aliphatic rings. The lowest BCUT2D eigenvalue weighted by Crippen LogP contribution is -2.35. The molecule has 0 spiro atoms. The van der Waals surface area contributed by atoms with Gasteiger partial charge in [0.15, 0.2) is 0 Å². The van der Waals surface area contributed by atoms with Gasteiger partial charge in [-0.3, -0.25) is 0 Å². The Morgan fingerprint density at radius 3 is 1.75 bits per heavy atom. The fourth-order valence-electron chi connectivity index (χ4n) is 2.36. The van der Waals surface area contributed by atoms with Gasteiger partial charge in [-0.2, -0.15) is 0 Å². The van der Waals surface area contributed by atoms with E-state index in [-0.39, 0.29) is 10.3 Å². The largest absolute Gasteiger partial charge is 0.119 e. The van der Waals surface area contributed by atoms with Crippen molar-refractivity contribution in [1.82, 2.24) is 0 Å². The zero-order valence-corrected chi connectivity index (χ0v) is 13.0. The molecule has 0 radical (unpaired) electrons. The first-order chi connectivity index (χ1) is 7.33. The van der Waals surface area contributed by atoms with Crippen molar-refractivity contribution in [3.63, 3.8) is 0 Å². The van der Waals surface area contributed by atoms with Crippen LogP contribution in [0.5, 0.6) is 0 Å². The van der Waals surface area contributed by atoms with Gasteiger partial charge in [-0.05, 0) is 31.6 Å². The molecule has 1 fully saturated rings. The lowest BCUT2D eigenvalue weighted by Gasteiger charge is -2.40. The van der Waals surface area contributed by atoms with E-state index in [1.165, 1.54) is 38.5 Å². The first-order valence-electron chi connectivity index (χ1n) is 7.02. The van der Waals surface area contributed by atoms with Crippen LogP contribution in [0.15, 0.2) is 0 Å². The SMILES string of the molecule is CC.CC(C)(Cl)C(C)(C)CC1CCCCC1. The molecule has 0 aliphatic heterocycles. The van der Waals surface area contributed by atoms with Crippen molar-refractivity contribution in [2.24, 2.45) is 11.3 Å². The predicted octanol–water partition coefficient (Wildman–Crippen LogP) is 6.03. The summed E-state index contributed by atoms with van der Waals surface area (Å²) in [7, 11) is 0. The summed E-state index contributed by atoms with van der Waals surface area (Å²) in [5, 5.41) is 0. The maximum Gasteiger partial charge on any atom is 0.0441 e. The smallest absolute Gasteiger partial charge is 0.0441 e. The van der Waals surface area contributed by atoms with Gasteiger partial charge in [0.25, 0.3) is 0 Å². The van der Waals surface area contributed by atoms with Crippen LogP contribution in [-0.2, 0) is 0 Å². The van der Waals surface area contributed by atoms with Crippen LogP contribution in [-0.4, -0.2) is 4.87 Å². The average Bonchev–Trinajstić information content (AvgIpc) is 2.20. The van der Waals surface area contributed by atoms with Gasteiger partial charge >= 0.3 is 0 Å². The molecule has 0 amide bonds. The van der Waals surface area contributed by atoms with Crippen molar-refractivity contribution in [3.05, 3.63) is 0 Å². The maximum atomic E-state index is 6.44. The van der Waals surface area contributed by atoms with Crippen molar-refractivity contribution < 1.29 is 0 Å². The van der Waals surface area contributed by atoms with E-state index in [1.54, 1.807) is 0 Å². The Hall–Kier alpha value is 0.290. The Labute approximate surface area is 108 Å². The summed E-state index contributed by atoms with van der Waals surface area (Å²) in [4.78, 5) is -0.0789. The monoisotopic (exact) mass is 246 g/mol. The van der Waals surface area contributed by atoms with Crippen molar-refractivity contribution in [2.45, 2.75) is 84.9 Å². The Morgan fingerprint density at radius 2 is 1.38 bits per heavy atom. The van der Waals surface area contributed by atoms with Crippen LogP contribution in [0.3, 0.4) is 0 Å². The second kappa shape index (κ2) is 6.89. The zero-order valence-electron chi connectivity index (χ0n) is 12.2. The molecule has 0 unspecified atom stereocenters. The molecule has 0 aromatic rings. The molecule has 16 heavy (non-hydrogen) atoms. The van der Waals surface area contributed by atoms with E-state index < -0.39 is 0 Å². The Kier molecular flexibility index (Phi) is 7.01. The summed E-state index contributed by atoms with van der Waals surface area (Å²) in [5.41, 5.74) is 0.260. The second-order valence-electron chi connectivity index (χ2n) is 6.06. The molecule has 0 heterocycles. The van der Waals surface area contributed by atoms with Crippen LogP contribution in [0.1, 0.15) is 80.1 Å². The van der Waals surface area contributed by atoms with Gasteiger partial charge in [-0.15, -0.1) is 11.6 Å². The quantitative estimate of drug-likeness (QED) is 0.534. The van der Waals surface area contributed by atoms with Gasteiger partial charge in [0.05, 0.1) is 0 Å². The fraction of sp³-hybridized carbons (Fsp3) is 1.00. The molecular formula is C15H31Cl. The molecule has 1 heteroatoms. The molecule has 0 atom stereocenters. The number of halogens is 1. The van der Waals surface area contributed by atoms with E-state index in [9.17, 15) is 0 Å². The van der Waals surface area contributed by atoms with E-state index in [4.69, 9.17) is 11.6 Å².